The second-order valence-electron chi connectivity index (χ2n) is 6.02. The third-order valence-electron chi connectivity index (χ3n) is 3.04. The van der Waals surface area contributed by atoms with Crippen molar-refractivity contribution >= 4 is 28.9 Å². The Morgan fingerprint density at radius 3 is 2.52 bits per heavy atom. The topological polar surface area (TPSA) is 56.0 Å². The van der Waals surface area contributed by atoms with E-state index in [9.17, 15) is 4.79 Å². The maximum Gasteiger partial charge on any atom is 0.162 e. The van der Waals surface area contributed by atoms with Gasteiger partial charge in [0.1, 0.15) is 5.01 Å². The number of hydrogen-bond acceptors (Lipinski definition) is 4. The summed E-state index contributed by atoms with van der Waals surface area (Å²) in [6.45, 7) is 6.36. The van der Waals surface area contributed by atoms with Gasteiger partial charge in [-0.2, -0.15) is 0 Å². The van der Waals surface area contributed by atoms with Crippen LogP contribution in [0.15, 0.2) is 35.7 Å². The molecule has 0 aliphatic carbocycles. The highest BCUT2D eigenvalue weighted by molar-refractivity contribution is 7.09. The van der Waals surface area contributed by atoms with Crippen molar-refractivity contribution in [3.63, 3.8) is 0 Å². The minimum Gasteiger partial charge on any atom is -0.399 e. The first kappa shape index (κ1) is 15.4. The highest BCUT2D eigenvalue weighted by atomic mass is 32.1. The molecule has 3 nitrogen and oxygen atoms in total. The monoisotopic (exact) mass is 300 g/mol. The molecule has 0 saturated heterocycles. The molecule has 21 heavy (non-hydrogen) atoms. The number of nitrogens with zero attached hydrogens (tertiary/aromatic N) is 1. The Kier molecular flexibility index (Phi) is 4.58. The van der Waals surface area contributed by atoms with E-state index in [1.165, 1.54) is 0 Å². The lowest BCUT2D eigenvalue weighted by atomic mass is 9.93. The van der Waals surface area contributed by atoms with Crippen molar-refractivity contribution in [2.75, 3.05) is 5.73 Å². The van der Waals surface area contributed by atoms with Crippen molar-refractivity contribution in [1.82, 2.24) is 4.98 Å². The molecule has 110 valence electrons. The van der Waals surface area contributed by atoms with Crippen LogP contribution in [0.25, 0.3) is 6.08 Å². The predicted octanol–water partition coefficient (Wildman–Crippen LogP) is 3.85. The first-order valence-electron chi connectivity index (χ1n) is 6.86. The number of anilines is 1. The second-order valence-corrected chi connectivity index (χ2v) is 6.96. The molecular formula is C17H20N2OS. The highest BCUT2D eigenvalue weighted by Crippen LogP contribution is 2.24. The van der Waals surface area contributed by atoms with Gasteiger partial charge in [0.05, 0.1) is 12.1 Å². The van der Waals surface area contributed by atoms with Crippen molar-refractivity contribution in [3.05, 3.63) is 52.0 Å². The summed E-state index contributed by atoms with van der Waals surface area (Å²) in [5, 5.41) is 2.90. The lowest BCUT2D eigenvalue weighted by Gasteiger charge is -2.14. The quantitative estimate of drug-likeness (QED) is 0.689. The lowest BCUT2D eigenvalue weighted by Crippen LogP contribution is -2.11. The van der Waals surface area contributed by atoms with Gasteiger partial charge in [-0.3, -0.25) is 4.79 Å². The third kappa shape index (κ3) is 4.53. The number of carbonyl (C=O) groups is 1. The maximum atomic E-state index is 12.0. The molecule has 0 aliphatic rings. The van der Waals surface area contributed by atoms with Crippen molar-refractivity contribution in [1.29, 1.82) is 0 Å². The normalized spacial score (nSPS) is 12.0. The first-order chi connectivity index (χ1) is 9.84. The van der Waals surface area contributed by atoms with E-state index in [4.69, 9.17) is 5.73 Å². The minimum absolute atomic E-state index is 0.0254. The van der Waals surface area contributed by atoms with E-state index in [1.54, 1.807) is 23.5 Å². The van der Waals surface area contributed by atoms with Gasteiger partial charge in [0.15, 0.2) is 5.78 Å². The number of aromatic nitrogens is 1. The molecule has 1 aromatic carbocycles. The van der Waals surface area contributed by atoms with Gasteiger partial charge in [-0.15, -0.1) is 11.3 Å². The molecule has 1 aromatic heterocycles. The molecule has 2 aromatic rings. The zero-order valence-electron chi connectivity index (χ0n) is 12.6. The van der Waals surface area contributed by atoms with Crippen molar-refractivity contribution in [2.24, 2.45) is 0 Å². The molecule has 1 heterocycles. The van der Waals surface area contributed by atoms with Crippen LogP contribution >= 0.6 is 11.3 Å². The predicted molar refractivity (Wildman–Crippen MR) is 89.4 cm³/mol. The number of benzene rings is 1. The summed E-state index contributed by atoms with van der Waals surface area (Å²) in [7, 11) is 0. The number of carbonyl (C=O) groups excluding carboxylic acids is 1. The van der Waals surface area contributed by atoms with Gasteiger partial charge in [0.25, 0.3) is 0 Å². The van der Waals surface area contributed by atoms with E-state index in [0.717, 1.165) is 22.0 Å². The van der Waals surface area contributed by atoms with Gasteiger partial charge in [0.2, 0.25) is 0 Å². The fourth-order valence-electron chi connectivity index (χ4n) is 1.74. The average Bonchev–Trinajstić information content (AvgIpc) is 2.86. The summed E-state index contributed by atoms with van der Waals surface area (Å²) < 4.78 is 0. The summed E-state index contributed by atoms with van der Waals surface area (Å²) in [5.74, 6) is 0.0571. The number of ketones is 1. The summed E-state index contributed by atoms with van der Waals surface area (Å²) in [5.41, 5.74) is 8.37. The average molecular weight is 300 g/mol. The molecule has 0 fully saturated rings. The Morgan fingerprint density at radius 2 is 1.95 bits per heavy atom. The van der Waals surface area contributed by atoms with Crippen LogP contribution in [0, 0.1) is 0 Å². The summed E-state index contributed by atoms with van der Waals surface area (Å²) in [4.78, 5) is 16.5. The van der Waals surface area contributed by atoms with Crippen LogP contribution in [0.5, 0.6) is 0 Å². The second kappa shape index (κ2) is 6.22. The molecule has 0 unspecified atom stereocenters. The van der Waals surface area contributed by atoms with E-state index < -0.39 is 0 Å². The Labute approximate surface area is 129 Å². The standard InChI is InChI=1S/C17H20N2OS/c1-17(2,3)15-11-21-16(19-15)10-14(20)9-6-12-4-7-13(18)8-5-12/h4-9,11H,10,18H2,1-3H3/b9-6+. The van der Waals surface area contributed by atoms with Gasteiger partial charge in [-0.25, -0.2) is 4.98 Å². The van der Waals surface area contributed by atoms with Crippen LogP contribution in [0.3, 0.4) is 0 Å². The Bertz CT molecular complexity index is 648. The van der Waals surface area contributed by atoms with Crippen LogP contribution in [0.4, 0.5) is 5.69 Å². The number of nitrogens with two attached hydrogens (primary N) is 1. The van der Waals surface area contributed by atoms with Crippen LogP contribution in [-0.2, 0) is 16.6 Å². The van der Waals surface area contributed by atoms with Gasteiger partial charge in [0, 0.05) is 16.5 Å². The summed E-state index contributed by atoms with van der Waals surface area (Å²) in [6.07, 6.45) is 3.76. The molecule has 0 radical (unpaired) electrons. The largest absolute Gasteiger partial charge is 0.399 e. The van der Waals surface area contributed by atoms with Gasteiger partial charge in [-0.1, -0.05) is 39.0 Å². The molecule has 2 N–H and O–H groups in total. The molecule has 0 aliphatic heterocycles. The molecular weight excluding hydrogens is 280 g/mol. The van der Waals surface area contributed by atoms with Gasteiger partial charge >= 0.3 is 0 Å². The molecule has 0 atom stereocenters. The van der Waals surface area contributed by atoms with Gasteiger partial charge < -0.3 is 5.73 Å². The minimum atomic E-state index is 0.0254. The van der Waals surface area contributed by atoms with Gasteiger partial charge in [-0.05, 0) is 23.8 Å². The Hall–Kier alpha value is -1.94. The van der Waals surface area contributed by atoms with E-state index in [2.05, 4.69) is 25.8 Å². The zero-order chi connectivity index (χ0) is 15.5. The molecule has 0 amide bonds. The molecule has 4 heteroatoms. The number of hydrogen-bond donors (Lipinski definition) is 1. The molecule has 0 saturated carbocycles. The van der Waals surface area contributed by atoms with E-state index in [-0.39, 0.29) is 11.2 Å². The zero-order valence-corrected chi connectivity index (χ0v) is 13.4. The van der Waals surface area contributed by atoms with E-state index in [1.807, 2.05) is 29.6 Å². The fourth-order valence-corrected chi connectivity index (χ4v) is 2.77. The van der Waals surface area contributed by atoms with E-state index in [0.29, 0.717) is 6.42 Å². The third-order valence-corrected chi connectivity index (χ3v) is 3.89. The SMILES string of the molecule is CC(C)(C)c1csc(CC(=O)/C=C/c2ccc(N)cc2)n1. The van der Waals surface area contributed by atoms with Crippen molar-refractivity contribution in [3.8, 4) is 0 Å². The number of rotatable bonds is 4. The Balaban J connectivity index is 1.98. The molecule has 0 bridgehead atoms. The fraction of sp³-hybridized carbons (Fsp3) is 0.294. The van der Waals surface area contributed by atoms with Crippen LogP contribution in [-0.4, -0.2) is 10.8 Å². The maximum absolute atomic E-state index is 12.0. The molecule has 0 spiro atoms. The highest BCUT2D eigenvalue weighted by Gasteiger charge is 2.17. The van der Waals surface area contributed by atoms with Crippen LogP contribution in [0.1, 0.15) is 37.0 Å². The van der Waals surface area contributed by atoms with Crippen molar-refractivity contribution < 1.29 is 4.79 Å². The van der Waals surface area contributed by atoms with Crippen LogP contribution < -0.4 is 5.73 Å². The first-order valence-corrected chi connectivity index (χ1v) is 7.74. The summed E-state index contributed by atoms with van der Waals surface area (Å²) >= 11 is 1.55. The molecule has 2 rings (SSSR count). The van der Waals surface area contributed by atoms with E-state index >= 15 is 0 Å². The summed E-state index contributed by atoms with van der Waals surface area (Å²) in [6, 6.07) is 7.42. The van der Waals surface area contributed by atoms with Crippen molar-refractivity contribution in [2.45, 2.75) is 32.6 Å². The number of nitrogen functional groups attached to an aromatic ring is 1. The smallest absolute Gasteiger partial charge is 0.162 e. The van der Waals surface area contributed by atoms with Crippen LogP contribution in [0.2, 0.25) is 0 Å². The number of thiazole rings is 1. The number of allylic oxidation sites excluding steroid dienone is 1. The lowest BCUT2D eigenvalue weighted by molar-refractivity contribution is -0.113. The Morgan fingerprint density at radius 1 is 1.29 bits per heavy atom.